The zero-order chi connectivity index (χ0) is 45.6. The number of ether oxygens (including phenoxy) is 1. The zero-order valence-corrected chi connectivity index (χ0v) is 33.2. The highest BCUT2D eigenvalue weighted by Crippen LogP contribution is 2.14. The Morgan fingerprint density at radius 3 is 1.82 bits per heavy atom. The van der Waals surface area contributed by atoms with E-state index in [1.807, 2.05) is 5.32 Å². The number of rotatable bonds is 26. The number of amides is 6. The average Bonchev–Trinajstić information content (AvgIpc) is 3.23. The lowest BCUT2D eigenvalue weighted by atomic mass is 10.0. The van der Waals surface area contributed by atoms with E-state index in [0.717, 1.165) is 5.56 Å². The first-order chi connectivity index (χ1) is 29.5. The molecule has 0 spiro atoms. The molecule has 22 nitrogen and oxygen atoms in total. The van der Waals surface area contributed by atoms with E-state index in [9.17, 15) is 58.5 Å². The van der Waals surface area contributed by atoms with Crippen LogP contribution in [0.15, 0.2) is 72.9 Å². The predicted molar refractivity (Wildman–Crippen MR) is 217 cm³/mol. The van der Waals surface area contributed by atoms with Crippen molar-refractivity contribution in [3.8, 4) is 5.75 Å². The highest BCUT2D eigenvalue weighted by Gasteiger charge is 2.26. The van der Waals surface area contributed by atoms with Crippen LogP contribution in [0.3, 0.4) is 0 Å². The van der Waals surface area contributed by atoms with E-state index in [4.69, 9.17) is 15.6 Å². The van der Waals surface area contributed by atoms with Gasteiger partial charge in [0, 0.05) is 32.0 Å². The number of carbonyl (C=O) groups excluding carboxylic acids is 5. The second kappa shape index (κ2) is 25.0. The number of benzene rings is 2. The number of urea groups is 1. The van der Waals surface area contributed by atoms with Crippen LogP contribution >= 0.6 is 0 Å². The van der Waals surface area contributed by atoms with Crippen LogP contribution in [0.5, 0.6) is 5.75 Å². The third-order valence-electron chi connectivity index (χ3n) is 8.83. The van der Waals surface area contributed by atoms with Crippen LogP contribution in [0.1, 0.15) is 53.6 Å². The molecule has 6 amide bonds. The summed E-state index contributed by atoms with van der Waals surface area (Å²) < 4.78 is 5.59. The predicted octanol–water partition coefficient (Wildman–Crippen LogP) is -0.331. The molecule has 22 heteroatoms. The second-order valence-electron chi connectivity index (χ2n) is 13.7. The van der Waals surface area contributed by atoms with Crippen molar-refractivity contribution in [3.63, 3.8) is 0 Å². The summed E-state index contributed by atoms with van der Waals surface area (Å²) in [5.41, 5.74) is 6.90. The molecule has 0 unspecified atom stereocenters. The molecule has 0 aliphatic heterocycles. The molecular formula is C40H48N8O14. The maximum atomic E-state index is 13.2. The van der Waals surface area contributed by atoms with E-state index in [0.29, 0.717) is 5.56 Å². The Labute approximate surface area is 354 Å². The fourth-order valence-corrected chi connectivity index (χ4v) is 5.60. The van der Waals surface area contributed by atoms with Crippen LogP contribution in [0, 0.1) is 0 Å². The lowest BCUT2D eigenvalue weighted by molar-refractivity contribution is -0.142. The number of pyridine rings is 1. The molecule has 0 radical (unpaired) electrons. The molecular weight excluding hydrogens is 816 g/mol. The molecule has 332 valence electrons. The lowest BCUT2D eigenvalue weighted by Gasteiger charge is -2.20. The Balaban J connectivity index is 1.47. The van der Waals surface area contributed by atoms with E-state index >= 15 is 0 Å². The molecule has 3 aromatic rings. The average molecular weight is 865 g/mol. The molecule has 3 rings (SSSR count). The van der Waals surface area contributed by atoms with Crippen LogP contribution in [0.25, 0.3) is 0 Å². The monoisotopic (exact) mass is 864 g/mol. The molecule has 4 atom stereocenters. The first-order valence-corrected chi connectivity index (χ1v) is 19.1. The molecule has 0 fully saturated rings. The third kappa shape index (κ3) is 18.0. The van der Waals surface area contributed by atoms with Gasteiger partial charge in [-0.05, 0) is 61.1 Å². The number of nitrogens with zero attached hydrogens (tertiary/aromatic N) is 1. The fraction of sp³-hybridized carbons (Fsp3) is 0.350. The zero-order valence-electron chi connectivity index (χ0n) is 33.2. The van der Waals surface area contributed by atoms with Gasteiger partial charge in [-0.1, -0.05) is 42.5 Å². The Bertz CT molecular complexity index is 2030. The van der Waals surface area contributed by atoms with Gasteiger partial charge in [-0.3, -0.25) is 24.0 Å². The second-order valence-corrected chi connectivity index (χ2v) is 13.7. The number of hydrogen-bond acceptors (Lipinski definition) is 12. The maximum Gasteiger partial charge on any atom is 0.326 e. The largest absolute Gasteiger partial charge is 0.484 e. The van der Waals surface area contributed by atoms with Crippen molar-refractivity contribution in [2.45, 2.75) is 69.1 Å². The van der Waals surface area contributed by atoms with Crippen molar-refractivity contribution < 1.29 is 68.3 Å². The van der Waals surface area contributed by atoms with Gasteiger partial charge in [-0.25, -0.2) is 24.2 Å². The number of unbranched alkanes of at least 4 members (excludes halogenated alkanes) is 1. The summed E-state index contributed by atoms with van der Waals surface area (Å²) >= 11 is 0. The van der Waals surface area contributed by atoms with Crippen LogP contribution in [0.2, 0.25) is 0 Å². The first kappa shape index (κ1) is 48.6. The van der Waals surface area contributed by atoms with E-state index < -0.39 is 104 Å². The molecule has 12 N–H and O–H groups in total. The number of carboxylic acids is 4. The Morgan fingerprint density at radius 2 is 1.23 bits per heavy atom. The summed E-state index contributed by atoms with van der Waals surface area (Å²) in [6.45, 7) is -0.913. The van der Waals surface area contributed by atoms with Crippen molar-refractivity contribution in [2.75, 3.05) is 25.4 Å². The van der Waals surface area contributed by atoms with Gasteiger partial charge in [-0.2, -0.15) is 0 Å². The van der Waals surface area contributed by atoms with E-state index in [-0.39, 0.29) is 55.8 Å². The van der Waals surface area contributed by atoms with Crippen molar-refractivity contribution in [2.24, 2.45) is 0 Å². The SMILES string of the molecule is Nc1ccc(C(=O)NCC(=O)N[C@@H](Cc2ccc(OCC(=O)N[C@@H](Cc3ccccc3)C(=O)NCCCC[C@H](NC(=O)N[C@@H](CCC(=O)O)C(=O)O)C(=O)O)cc2)C(=O)O)cn1. The number of anilines is 1. The van der Waals surface area contributed by atoms with Crippen LogP contribution in [-0.4, -0.2) is 123 Å². The van der Waals surface area contributed by atoms with Gasteiger partial charge in [0.25, 0.3) is 11.8 Å². The first-order valence-electron chi connectivity index (χ1n) is 19.1. The number of aromatic nitrogens is 1. The maximum absolute atomic E-state index is 13.2. The number of carbonyl (C=O) groups is 9. The Hall–Kier alpha value is -7.78. The summed E-state index contributed by atoms with van der Waals surface area (Å²) in [6, 6.07) is 11.3. The van der Waals surface area contributed by atoms with Gasteiger partial charge in [0.1, 0.15) is 35.7 Å². The van der Waals surface area contributed by atoms with E-state index in [2.05, 4.69) is 31.6 Å². The number of nitrogens with one attached hydrogen (secondary N) is 6. The molecule has 0 bridgehead atoms. The van der Waals surface area contributed by atoms with E-state index in [1.165, 1.54) is 30.5 Å². The fourth-order valence-electron chi connectivity index (χ4n) is 5.60. The quantitative estimate of drug-likeness (QED) is 0.0460. The Morgan fingerprint density at radius 1 is 0.629 bits per heavy atom. The van der Waals surface area contributed by atoms with Crippen LogP contribution < -0.4 is 42.4 Å². The number of nitrogens with two attached hydrogens (primary N) is 1. The van der Waals surface area contributed by atoms with Crippen molar-refractivity contribution in [1.82, 2.24) is 36.9 Å². The number of carboxylic acid groups (broad SMARTS) is 4. The van der Waals surface area contributed by atoms with Crippen molar-refractivity contribution in [1.29, 1.82) is 0 Å². The molecule has 2 aromatic carbocycles. The molecule has 0 saturated carbocycles. The highest BCUT2D eigenvalue weighted by molar-refractivity contribution is 5.97. The van der Waals surface area contributed by atoms with Crippen LogP contribution in [0.4, 0.5) is 10.6 Å². The standard InChI is InChI=1S/C40H48N8O14/c41-31-15-11-25(20-43-31)35(53)44-21-32(49)46-30(39(59)60)19-24-9-12-26(13-10-24)62-22-33(50)45-29(18-23-6-2-1-3-7-23)36(54)42-17-5-4-8-27(37(55)56)47-40(61)48-28(38(57)58)14-16-34(51)52/h1-3,6-7,9-13,15,20,27-30H,4-5,8,14,16-19,21-22H2,(H2,41,43)(H,42,54)(H,44,53)(H,45,50)(H,46,49)(H,51,52)(H,55,56)(H,57,58)(H,59,60)(H2,47,48,61)/t27-,28-,29-,30-/m0/s1. The van der Waals surface area contributed by atoms with E-state index in [1.54, 1.807) is 42.5 Å². The minimum atomic E-state index is -1.55. The lowest BCUT2D eigenvalue weighted by Crippen LogP contribution is -2.51. The Kier molecular flexibility index (Phi) is 19.6. The minimum Gasteiger partial charge on any atom is -0.484 e. The van der Waals surface area contributed by atoms with Gasteiger partial charge >= 0.3 is 29.9 Å². The summed E-state index contributed by atoms with van der Waals surface area (Å²) in [5.74, 6) is -7.54. The molecule has 0 aliphatic rings. The molecule has 1 heterocycles. The number of aliphatic carboxylic acids is 4. The summed E-state index contributed by atoms with van der Waals surface area (Å²) in [4.78, 5) is 113. The van der Waals surface area contributed by atoms with Crippen molar-refractivity contribution in [3.05, 3.63) is 89.6 Å². The van der Waals surface area contributed by atoms with Gasteiger partial charge in [0.05, 0.1) is 12.1 Å². The molecule has 0 aliphatic carbocycles. The van der Waals surface area contributed by atoms with Crippen LogP contribution in [-0.2, 0) is 46.4 Å². The van der Waals surface area contributed by atoms with Gasteiger partial charge in [0.2, 0.25) is 11.8 Å². The smallest absolute Gasteiger partial charge is 0.326 e. The van der Waals surface area contributed by atoms with Crippen molar-refractivity contribution >= 4 is 59.4 Å². The summed E-state index contributed by atoms with van der Waals surface area (Å²) in [5, 5.41) is 51.5. The highest BCUT2D eigenvalue weighted by atomic mass is 16.5. The van der Waals surface area contributed by atoms with Gasteiger partial charge in [0.15, 0.2) is 6.61 Å². The summed E-state index contributed by atoms with van der Waals surface area (Å²) in [6.07, 6.45) is 0.667. The molecule has 1 aromatic heterocycles. The number of nitrogen functional groups attached to an aromatic ring is 1. The normalized spacial score (nSPS) is 12.5. The molecule has 0 saturated heterocycles. The van der Waals surface area contributed by atoms with Gasteiger partial charge in [-0.15, -0.1) is 0 Å². The summed E-state index contributed by atoms with van der Waals surface area (Å²) in [7, 11) is 0. The topological polar surface area (TPSA) is 355 Å². The minimum absolute atomic E-state index is 0.0725. The third-order valence-corrected chi connectivity index (χ3v) is 8.83. The molecule has 62 heavy (non-hydrogen) atoms. The van der Waals surface area contributed by atoms with Gasteiger partial charge < -0.3 is 62.8 Å². The number of hydrogen-bond donors (Lipinski definition) is 11.